The topological polar surface area (TPSA) is 185 Å². The van der Waals surface area contributed by atoms with Crippen LogP contribution in [-0.2, 0) is 4.74 Å². The van der Waals surface area contributed by atoms with Crippen LogP contribution in [0.5, 0.6) is 34.5 Å². The molecule has 2 aliphatic rings. The van der Waals surface area contributed by atoms with Crippen molar-refractivity contribution in [2.45, 2.75) is 43.2 Å². The Morgan fingerprint density at radius 2 is 1.63 bits per heavy atom. The highest BCUT2D eigenvalue weighted by molar-refractivity contribution is 6.02. The van der Waals surface area contributed by atoms with E-state index in [1.807, 2.05) is 0 Å². The van der Waals surface area contributed by atoms with E-state index in [9.17, 15) is 35.4 Å². The first-order valence-electron chi connectivity index (χ1n) is 10.7. The molecule has 0 aliphatic carbocycles. The summed E-state index contributed by atoms with van der Waals surface area (Å²) in [4.78, 5) is 12.8. The normalized spacial score (nSPS) is 28.1. The lowest BCUT2D eigenvalue weighted by Crippen LogP contribution is -2.60. The molecule has 1 saturated heterocycles. The number of fused-ring (bicyclic) bond motifs is 1. The summed E-state index contributed by atoms with van der Waals surface area (Å²) in [5.41, 5.74) is 0.398. The molecule has 0 radical (unpaired) electrons. The average Bonchev–Trinajstić information content (AvgIpc) is 2.84. The third kappa shape index (κ3) is 4.54. The largest absolute Gasteiger partial charge is 0.507 e. The van der Waals surface area contributed by atoms with Gasteiger partial charge in [-0.3, -0.25) is 4.79 Å². The van der Waals surface area contributed by atoms with Crippen molar-refractivity contribution >= 4 is 5.78 Å². The summed E-state index contributed by atoms with van der Waals surface area (Å²) in [5.74, 6) is -0.927. The van der Waals surface area contributed by atoms with Crippen molar-refractivity contribution in [3.63, 3.8) is 0 Å². The molecule has 6 atom stereocenters. The number of ether oxygens (including phenoxy) is 5. The highest BCUT2D eigenvalue weighted by Crippen LogP contribution is 2.45. The Morgan fingerprint density at radius 3 is 2.23 bits per heavy atom. The van der Waals surface area contributed by atoms with E-state index in [2.05, 4.69) is 0 Å². The van der Waals surface area contributed by atoms with Crippen LogP contribution in [0.1, 0.15) is 28.4 Å². The Balaban J connectivity index is 1.63. The second-order valence-corrected chi connectivity index (χ2v) is 8.14. The van der Waals surface area contributed by atoms with E-state index in [-0.39, 0.29) is 40.7 Å². The van der Waals surface area contributed by atoms with Crippen LogP contribution >= 0.6 is 0 Å². The van der Waals surface area contributed by atoms with Gasteiger partial charge in [-0.1, -0.05) is 0 Å². The van der Waals surface area contributed by atoms with Crippen molar-refractivity contribution in [1.29, 1.82) is 0 Å². The minimum Gasteiger partial charge on any atom is -0.507 e. The quantitative estimate of drug-likeness (QED) is 0.316. The van der Waals surface area contributed by atoms with Crippen LogP contribution in [0.4, 0.5) is 0 Å². The number of phenolic OH excluding ortho intramolecular Hbond substituents is 2. The molecule has 2 aliphatic heterocycles. The highest BCUT2D eigenvalue weighted by Gasteiger charge is 2.45. The van der Waals surface area contributed by atoms with E-state index >= 15 is 0 Å². The minimum absolute atomic E-state index is 0.0168. The number of carbonyl (C=O) groups is 1. The van der Waals surface area contributed by atoms with Crippen LogP contribution in [0.3, 0.4) is 0 Å². The van der Waals surface area contributed by atoms with E-state index in [1.54, 1.807) is 0 Å². The zero-order chi connectivity index (χ0) is 25.4. The lowest BCUT2D eigenvalue weighted by Gasteiger charge is -2.39. The van der Waals surface area contributed by atoms with E-state index < -0.39 is 54.9 Å². The second kappa shape index (κ2) is 9.76. The first-order chi connectivity index (χ1) is 16.7. The van der Waals surface area contributed by atoms with Crippen LogP contribution in [0.15, 0.2) is 24.3 Å². The number of phenols is 2. The van der Waals surface area contributed by atoms with E-state index in [4.69, 9.17) is 23.7 Å². The van der Waals surface area contributed by atoms with Gasteiger partial charge in [0.2, 0.25) is 12.0 Å². The highest BCUT2D eigenvalue weighted by atomic mass is 16.7. The van der Waals surface area contributed by atoms with Gasteiger partial charge >= 0.3 is 0 Å². The number of hydrogen-bond donors (Lipinski definition) is 6. The summed E-state index contributed by atoms with van der Waals surface area (Å²) in [5, 5.41) is 60.1. The SMILES string of the molecule is COc1cc([C@H]2CC(=O)c3c(O)cc(O[C@@H]4O[C@H](CO)[C@@H](O)[C@H](O)[C@H]4O)cc3O2)cc(OC)c1O. The molecule has 0 aromatic heterocycles. The van der Waals surface area contributed by atoms with Crippen LogP contribution in [0.2, 0.25) is 0 Å². The molecule has 2 heterocycles. The minimum atomic E-state index is -1.67. The average molecular weight is 494 g/mol. The summed E-state index contributed by atoms with van der Waals surface area (Å²) in [6.45, 7) is -0.640. The smallest absolute Gasteiger partial charge is 0.229 e. The fourth-order valence-electron chi connectivity index (χ4n) is 4.07. The van der Waals surface area contributed by atoms with Gasteiger partial charge in [0, 0.05) is 17.7 Å². The van der Waals surface area contributed by atoms with Crippen molar-refractivity contribution < 1.29 is 59.1 Å². The van der Waals surface area contributed by atoms with Crippen LogP contribution < -0.4 is 18.9 Å². The van der Waals surface area contributed by atoms with Gasteiger partial charge in [0.25, 0.3) is 0 Å². The number of aliphatic hydroxyl groups excluding tert-OH is 4. The summed E-state index contributed by atoms with van der Waals surface area (Å²) in [6, 6.07) is 5.41. The van der Waals surface area contributed by atoms with Crippen molar-refractivity contribution in [1.82, 2.24) is 0 Å². The van der Waals surface area contributed by atoms with Gasteiger partial charge in [-0.05, 0) is 12.1 Å². The third-order valence-electron chi connectivity index (χ3n) is 5.95. The molecule has 190 valence electrons. The second-order valence-electron chi connectivity index (χ2n) is 8.14. The first-order valence-corrected chi connectivity index (χ1v) is 10.7. The molecule has 0 amide bonds. The molecule has 12 nitrogen and oxygen atoms in total. The van der Waals surface area contributed by atoms with Crippen molar-refractivity contribution in [2.75, 3.05) is 20.8 Å². The molecule has 2 aromatic carbocycles. The van der Waals surface area contributed by atoms with Gasteiger partial charge < -0.3 is 54.3 Å². The van der Waals surface area contributed by atoms with Crippen LogP contribution in [0, 0.1) is 0 Å². The lowest BCUT2D eigenvalue weighted by molar-refractivity contribution is -0.277. The standard InChI is InChI=1S/C23H26O12/c1-31-15-3-9(4-16(32-2)19(15)27)13-7-12(26)18-11(25)5-10(6-14(18)34-13)33-23-22(30)21(29)20(28)17(8-24)35-23/h3-6,13,17,20-25,27-30H,7-8H2,1-2H3/t13-,17-,20-,21+,22-,23-/m1/s1. The molecule has 12 heteroatoms. The molecule has 4 rings (SSSR count). The van der Waals surface area contributed by atoms with Crippen molar-refractivity contribution in [3.05, 3.63) is 35.4 Å². The van der Waals surface area contributed by atoms with Gasteiger partial charge in [-0.15, -0.1) is 0 Å². The summed E-state index contributed by atoms with van der Waals surface area (Å²) >= 11 is 0. The fraction of sp³-hybridized carbons (Fsp3) is 0.435. The fourth-order valence-corrected chi connectivity index (χ4v) is 4.07. The van der Waals surface area contributed by atoms with Crippen molar-refractivity contribution in [2.24, 2.45) is 0 Å². The molecule has 6 N–H and O–H groups in total. The molecule has 0 spiro atoms. The Labute approximate surface area is 199 Å². The molecule has 0 bridgehead atoms. The monoisotopic (exact) mass is 494 g/mol. The van der Waals surface area contributed by atoms with Gasteiger partial charge in [-0.25, -0.2) is 0 Å². The predicted molar refractivity (Wildman–Crippen MR) is 116 cm³/mol. The number of benzene rings is 2. The number of ketones is 1. The molecule has 0 saturated carbocycles. The molecular weight excluding hydrogens is 468 g/mol. The van der Waals surface area contributed by atoms with Crippen LogP contribution in [-0.4, -0.2) is 88.0 Å². The number of methoxy groups -OCH3 is 2. The van der Waals surface area contributed by atoms with E-state index in [0.717, 1.165) is 6.07 Å². The predicted octanol–water partition coefficient (Wildman–Crippen LogP) is 0.000200. The number of carbonyl (C=O) groups excluding carboxylic acids is 1. The maximum Gasteiger partial charge on any atom is 0.229 e. The van der Waals surface area contributed by atoms with Crippen LogP contribution in [0.25, 0.3) is 0 Å². The molecular formula is C23H26O12. The molecule has 35 heavy (non-hydrogen) atoms. The Bertz CT molecular complexity index is 1080. The maximum atomic E-state index is 12.8. The summed E-state index contributed by atoms with van der Waals surface area (Å²) in [6.07, 6.45) is -8.51. The Kier molecular flexibility index (Phi) is 6.92. The molecule has 0 unspecified atom stereocenters. The maximum absolute atomic E-state index is 12.8. The number of hydrogen-bond acceptors (Lipinski definition) is 12. The zero-order valence-corrected chi connectivity index (χ0v) is 18.8. The Hall–Kier alpha value is -3.29. The van der Waals surface area contributed by atoms with Crippen molar-refractivity contribution in [3.8, 4) is 34.5 Å². The number of rotatable bonds is 6. The lowest BCUT2D eigenvalue weighted by atomic mass is 9.95. The first kappa shape index (κ1) is 24.8. The van der Waals surface area contributed by atoms with Gasteiger partial charge in [0.1, 0.15) is 53.3 Å². The Morgan fingerprint density at radius 1 is 0.971 bits per heavy atom. The summed E-state index contributed by atoms with van der Waals surface area (Å²) < 4.78 is 27.1. The molecule has 1 fully saturated rings. The number of aromatic hydroxyl groups is 2. The number of aliphatic hydroxyl groups is 4. The molecule has 2 aromatic rings. The van der Waals surface area contributed by atoms with E-state index in [1.165, 1.54) is 32.4 Å². The van der Waals surface area contributed by atoms with Gasteiger partial charge in [0.15, 0.2) is 17.3 Å². The number of Topliss-reactive ketones (excluding diaryl/α,β-unsaturated/α-hetero) is 1. The van der Waals surface area contributed by atoms with Gasteiger partial charge in [0.05, 0.1) is 27.2 Å². The third-order valence-corrected chi connectivity index (χ3v) is 5.95. The zero-order valence-electron chi connectivity index (χ0n) is 18.8. The van der Waals surface area contributed by atoms with E-state index in [0.29, 0.717) is 5.56 Å². The van der Waals surface area contributed by atoms with Gasteiger partial charge in [-0.2, -0.15) is 0 Å². The summed E-state index contributed by atoms with van der Waals surface area (Å²) in [7, 11) is 2.72.